The van der Waals surface area contributed by atoms with Crippen LogP contribution in [0.1, 0.15) is 79.1 Å². The molecule has 0 aliphatic carbocycles. The summed E-state index contributed by atoms with van der Waals surface area (Å²) in [5.74, 6) is 0. The minimum Gasteiger partial charge on any atom is -0.375 e. The summed E-state index contributed by atoms with van der Waals surface area (Å²) in [7, 11) is -2.43. The van der Waals surface area contributed by atoms with Gasteiger partial charge >= 0.3 is 8.80 Å². The minimum absolute atomic E-state index is 0.379. The van der Waals surface area contributed by atoms with Crippen LogP contribution in [-0.4, -0.2) is 54.0 Å². The van der Waals surface area contributed by atoms with Gasteiger partial charge in [0, 0.05) is 25.9 Å². The molecule has 2 unspecified atom stereocenters. The summed E-state index contributed by atoms with van der Waals surface area (Å²) in [6.45, 7) is 11.9. The maximum atomic E-state index is 5.91. The van der Waals surface area contributed by atoms with Crippen molar-refractivity contribution in [2.45, 2.75) is 97.3 Å². The third-order valence-electron chi connectivity index (χ3n) is 4.73. The average Bonchev–Trinajstić information content (AvgIpc) is 3.45. The van der Waals surface area contributed by atoms with Crippen molar-refractivity contribution < 1.29 is 22.8 Å². The van der Waals surface area contributed by atoms with Gasteiger partial charge in [-0.2, -0.15) is 0 Å². The van der Waals surface area contributed by atoms with Gasteiger partial charge in [-0.1, -0.05) is 39.0 Å². The zero-order chi connectivity index (χ0) is 19.1. The van der Waals surface area contributed by atoms with Crippen LogP contribution in [0.25, 0.3) is 0 Å². The summed E-state index contributed by atoms with van der Waals surface area (Å²) in [4.78, 5) is 0. The summed E-state index contributed by atoms with van der Waals surface area (Å²) in [6, 6.07) is 0.942. The van der Waals surface area contributed by atoms with E-state index in [2.05, 4.69) is 6.92 Å². The molecule has 0 aromatic rings. The third kappa shape index (κ3) is 11.0. The Morgan fingerprint density at radius 2 is 1.38 bits per heavy atom. The minimum atomic E-state index is -2.43. The zero-order valence-corrected chi connectivity index (χ0v) is 18.6. The van der Waals surface area contributed by atoms with E-state index in [-0.39, 0.29) is 0 Å². The fourth-order valence-corrected chi connectivity index (χ4v) is 5.92. The second-order valence-electron chi connectivity index (χ2n) is 6.96. The predicted molar refractivity (Wildman–Crippen MR) is 108 cm³/mol. The van der Waals surface area contributed by atoms with E-state index >= 15 is 0 Å². The molecule has 0 bridgehead atoms. The second kappa shape index (κ2) is 15.0. The van der Waals surface area contributed by atoms with Crippen molar-refractivity contribution in [3.8, 4) is 0 Å². The standard InChI is InChI=1S/C20H42O5Si/c1-5-19(21-17-20-18-22-20)15-13-11-9-10-12-14-16-26(23-6-2,24-7-3)25-8-4/h19-20H,5-18H2,1-4H3. The highest BCUT2D eigenvalue weighted by Crippen LogP contribution is 2.21. The Balaban J connectivity index is 2.05. The van der Waals surface area contributed by atoms with Crippen LogP contribution in [0.15, 0.2) is 0 Å². The summed E-state index contributed by atoms with van der Waals surface area (Å²) >= 11 is 0. The van der Waals surface area contributed by atoms with Gasteiger partial charge < -0.3 is 22.8 Å². The van der Waals surface area contributed by atoms with Gasteiger partial charge in [0.1, 0.15) is 6.10 Å². The van der Waals surface area contributed by atoms with Crippen molar-refractivity contribution in [1.82, 2.24) is 0 Å². The van der Waals surface area contributed by atoms with E-state index in [1.54, 1.807) is 0 Å². The molecule has 2 atom stereocenters. The van der Waals surface area contributed by atoms with Gasteiger partial charge in [0.15, 0.2) is 0 Å². The molecule has 0 aromatic heterocycles. The highest BCUT2D eigenvalue weighted by molar-refractivity contribution is 6.60. The molecule has 5 nitrogen and oxygen atoms in total. The molecule has 1 fully saturated rings. The monoisotopic (exact) mass is 390 g/mol. The molecular formula is C20H42O5Si. The molecule has 1 saturated heterocycles. The van der Waals surface area contributed by atoms with Gasteiger partial charge in [0.05, 0.1) is 19.3 Å². The summed E-state index contributed by atoms with van der Waals surface area (Å²) in [6.07, 6.45) is 10.6. The van der Waals surface area contributed by atoms with E-state index < -0.39 is 8.80 Å². The lowest BCUT2D eigenvalue weighted by molar-refractivity contribution is 0.0334. The Bertz CT molecular complexity index is 308. The van der Waals surface area contributed by atoms with E-state index in [0.717, 1.165) is 32.1 Å². The van der Waals surface area contributed by atoms with Crippen LogP contribution in [0.5, 0.6) is 0 Å². The number of unbranched alkanes of at least 4 members (excludes halogenated alkanes) is 5. The van der Waals surface area contributed by atoms with Gasteiger partial charge in [-0.15, -0.1) is 0 Å². The largest absolute Gasteiger partial charge is 0.500 e. The van der Waals surface area contributed by atoms with Gasteiger partial charge in [-0.05, 0) is 40.0 Å². The molecule has 1 heterocycles. The molecular weight excluding hydrogens is 348 g/mol. The van der Waals surface area contributed by atoms with E-state index in [4.69, 9.17) is 22.8 Å². The molecule has 1 aliphatic rings. The number of hydrogen-bond acceptors (Lipinski definition) is 5. The first kappa shape index (κ1) is 24.1. The molecule has 0 radical (unpaired) electrons. The Kier molecular flexibility index (Phi) is 13.9. The molecule has 0 amide bonds. The smallest absolute Gasteiger partial charge is 0.375 e. The molecule has 1 aliphatic heterocycles. The Hall–Kier alpha value is 0.0169. The Labute approximate surface area is 162 Å². The highest BCUT2D eigenvalue weighted by Gasteiger charge is 2.39. The molecule has 0 saturated carbocycles. The SMILES string of the molecule is CCO[Si](CCCCCCCCC(CC)OCC1CO1)(OCC)OCC. The van der Waals surface area contributed by atoms with Crippen molar-refractivity contribution in [2.75, 3.05) is 33.0 Å². The fourth-order valence-electron chi connectivity index (χ4n) is 3.23. The molecule has 6 heteroatoms. The van der Waals surface area contributed by atoms with E-state index in [9.17, 15) is 0 Å². The molecule has 0 N–H and O–H groups in total. The van der Waals surface area contributed by atoms with Crippen LogP contribution in [0.4, 0.5) is 0 Å². The van der Waals surface area contributed by atoms with Gasteiger partial charge in [-0.3, -0.25) is 0 Å². The number of epoxide rings is 1. The average molecular weight is 391 g/mol. The second-order valence-corrected chi connectivity index (χ2v) is 9.69. The Morgan fingerprint density at radius 1 is 0.846 bits per heavy atom. The van der Waals surface area contributed by atoms with Crippen LogP contribution in [-0.2, 0) is 22.8 Å². The fraction of sp³-hybridized carbons (Fsp3) is 1.00. The van der Waals surface area contributed by atoms with Gasteiger partial charge in [0.25, 0.3) is 0 Å². The van der Waals surface area contributed by atoms with E-state index in [0.29, 0.717) is 32.0 Å². The van der Waals surface area contributed by atoms with Crippen LogP contribution >= 0.6 is 0 Å². The lowest BCUT2D eigenvalue weighted by atomic mass is 10.1. The topological polar surface area (TPSA) is 49.5 Å². The zero-order valence-electron chi connectivity index (χ0n) is 17.6. The number of ether oxygens (including phenoxy) is 2. The van der Waals surface area contributed by atoms with Crippen LogP contribution in [0.3, 0.4) is 0 Å². The van der Waals surface area contributed by atoms with Crippen molar-refractivity contribution in [2.24, 2.45) is 0 Å². The maximum Gasteiger partial charge on any atom is 0.500 e. The molecule has 0 spiro atoms. The first-order valence-corrected chi connectivity index (χ1v) is 12.8. The van der Waals surface area contributed by atoms with Crippen LogP contribution in [0, 0.1) is 0 Å². The van der Waals surface area contributed by atoms with Crippen LogP contribution in [0.2, 0.25) is 6.04 Å². The Morgan fingerprint density at radius 3 is 1.88 bits per heavy atom. The lowest BCUT2D eigenvalue weighted by Crippen LogP contribution is -2.45. The maximum absolute atomic E-state index is 5.91. The number of rotatable bonds is 19. The summed E-state index contributed by atoms with van der Waals surface area (Å²) in [5, 5.41) is 0. The lowest BCUT2D eigenvalue weighted by Gasteiger charge is -2.28. The number of hydrogen-bond donors (Lipinski definition) is 0. The molecule has 156 valence electrons. The van der Waals surface area contributed by atoms with Crippen LogP contribution < -0.4 is 0 Å². The quantitative estimate of drug-likeness (QED) is 0.177. The summed E-state index contributed by atoms with van der Waals surface area (Å²) in [5.41, 5.74) is 0. The summed E-state index contributed by atoms with van der Waals surface area (Å²) < 4.78 is 28.8. The van der Waals surface area contributed by atoms with Crippen molar-refractivity contribution in [3.05, 3.63) is 0 Å². The third-order valence-corrected chi connectivity index (χ3v) is 7.88. The molecule has 1 rings (SSSR count). The normalized spacial score (nSPS) is 18.2. The van der Waals surface area contributed by atoms with Crippen molar-refractivity contribution >= 4 is 8.80 Å². The predicted octanol–water partition coefficient (Wildman–Crippen LogP) is 4.96. The molecule has 26 heavy (non-hydrogen) atoms. The van der Waals surface area contributed by atoms with Gasteiger partial charge in [0.2, 0.25) is 0 Å². The van der Waals surface area contributed by atoms with Gasteiger partial charge in [-0.25, -0.2) is 0 Å². The van der Waals surface area contributed by atoms with Crippen molar-refractivity contribution in [1.29, 1.82) is 0 Å². The highest BCUT2D eigenvalue weighted by atomic mass is 28.4. The van der Waals surface area contributed by atoms with Crippen molar-refractivity contribution in [3.63, 3.8) is 0 Å². The molecule has 0 aromatic carbocycles. The van der Waals surface area contributed by atoms with E-state index in [1.807, 2.05) is 20.8 Å². The van der Waals surface area contributed by atoms with E-state index in [1.165, 1.54) is 38.5 Å². The first-order chi connectivity index (χ1) is 12.7. The first-order valence-electron chi connectivity index (χ1n) is 10.8.